The van der Waals surface area contributed by atoms with Gasteiger partial charge in [-0.15, -0.1) is 0 Å². The van der Waals surface area contributed by atoms with Crippen molar-refractivity contribution in [3.63, 3.8) is 0 Å². The van der Waals surface area contributed by atoms with Crippen LogP contribution < -0.4 is 5.32 Å². The molecule has 0 aliphatic carbocycles. The molecule has 0 saturated heterocycles. The fourth-order valence-corrected chi connectivity index (χ4v) is 2.39. The normalized spacial score (nSPS) is 22.9. The van der Waals surface area contributed by atoms with E-state index in [-0.39, 0.29) is 12.0 Å². The quantitative estimate of drug-likeness (QED) is 0.745. The summed E-state index contributed by atoms with van der Waals surface area (Å²) in [6.07, 6.45) is 1.10. The Morgan fingerprint density at radius 3 is 3.13 bits per heavy atom. The van der Waals surface area contributed by atoms with Crippen LogP contribution >= 0.6 is 11.8 Å². The highest BCUT2D eigenvalue weighted by molar-refractivity contribution is 8.13. The number of carbonyl (C=O) groups excluding carboxylic acids is 1. The van der Waals surface area contributed by atoms with Crippen molar-refractivity contribution in [3.8, 4) is 0 Å². The average Bonchev–Trinajstić information content (AvgIpc) is 2.18. The van der Waals surface area contributed by atoms with Crippen LogP contribution in [0.3, 0.4) is 0 Å². The van der Waals surface area contributed by atoms with Gasteiger partial charge >= 0.3 is 5.97 Å². The number of carbonyl (C=O) groups is 1. The zero-order chi connectivity index (χ0) is 11.3. The summed E-state index contributed by atoms with van der Waals surface area (Å²) in [5.41, 5.74) is 0. The lowest BCUT2D eigenvalue weighted by Gasteiger charge is -2.20. The fourth-order valence-electron chi connectivity index (χ4n) is 1.22. The lowest BCUT2D eigenvalue weighted by molar-refractivity contribution is -0.144. The van der Waals surface area contributed by atoms with Gasteiger partial charge in [0.1, 0.15) is 6.04 Å². The van der Waals surface area contributed by atoms with E-state index >= 15 is 0 Å². The highest BCUT2D eigenvalue weighted by atomic mass is 32.2. The largest absolute Gasteiger partial charge is 0.464 e. The summed E-state index contributed by atoms with van der Waals surface area (Å²) in [7, 11) is 0. The first kappa shape index (κ1) is 12.4. The number of aliphatic imine (C=N–C) groups is 1. The second-order valence-electron chi connectivity index (χ2n) is 3.54. The van der Waals surface area contributed by atoms with Gasteiger partial charge in [0.2, 0.25) is 0 Å². The molecule has 5 heteroatoms. The zero-order valence-corrected chi connectivity index (χ0v) is 10.3. The lowest BCUT2D eigenvalue weighted by Crippen LogP contribution is -2.39. The van der Waals surface area contributed by atoms with Crippen LogP contribution in [0.15, 0.2) is 4.99 Å². The third-order valence-corrected chi connectivity index (χ3v) is 3.03. The molecule has 0 amide bonds. The van der Waals surface area contributed by atoms with Gasteiger partial charge in [-0.2, -0.15) is 0 Å². The smallest absolute Gasteiger partial charge is 0.328 e. The summed E-state index contributed by atoms with van der Waals surface area (Å²) in [4.78, 5) is 15.8. The molecular weight excluding hydrogens is 212 g/mol. The molecule has 0 aromatic carbocycles. The van der Waals surface area contributed by atoms with Gasteiger partial charge in [0.05, 0.1) is 12.6 Å². The molecule has 0 aromatic heterocycles. The van der Waals surface area contributed by atoms with E-state index in [1.54, 1.807) is 25.6 Å². The van der Waals surface area contributed by atoms with Gasteiger partial charge in [-0.1, -0.05) is 11.8 Å². The average molecular weight is 230 g/mol. The summed E-state index contributed by atoms with van der Waals surface area (Å²) in [5.74, 6) is 0.835. The third-order valence-electron chi connectivity index (χ3n) is 2.09. The summed E-state index contributed by atoms with van der Waals surface area (Å²) in [6.45, 7) is 6.09. The maximum atomic E-state index is 11.3. The number of amidine groups is 1. The molecule has 1 N–H and O–H groups in total. The number of ether oxygens (including phenoxy) is 1. The second-order valence-corrected chi connectivity index (χ2v) is 4.62. The Bertz CT molecular complexity index is 256. The van der Waals surface area contributed by atoms with Crippen LogP contribution in [0, 0.1) is 0 Å². The van der Waals surface area contributed by atoms with Gasteiger partial charge in [0.15, 0.2) is 5.17 Å². The molecule has 0 bridgehead atoms. The van der Waals surface area contributed by atoms with Gasteiger partial charge in [0.25, 0.3) is 0 Å². The Hall–Kier alpha value is -0.710. The molecule has 4 nitrogen and oxygen atoms in total. The molecule has 2 unspecified atom stereocenters. The standard InChI is InChI=1S/C10H18N2O2S/c1-4-14-9(13)8(3)12-10-11-7(2)5-6-15-10/h7-8H,4-6H2,1-3H3,(H,11,12). The van der Waals surface area contributed by atoms with Crippen molar-refractivity contribution in [1.29, 1.82) is 0 Å². The van der Waals surface area contributed by atoms with E-state index in [2.05, 4.69) is 17.2 Å². The van der Waals surface area contributed by atoms with Crippen molar-refractivity contribution < 1.29 is 9.53 Å². The molecule has 2 atom stereocenters. The Morgan fingerprint density at radius 1 is 1.80 bits per heavy atom. The minimum absolute atomic E-state index is 0.223. The van der Waals surface area contributed by atoms with Gasteiger partial charge in [-0.3, -0.25) is 4.99 Å². The first-order chi connectivity index (χ1) is 7.13. The number of nitrogens with one attached hydrogen (secondary N) is 1. The highest BCUT2D eigenvalue weighted by Gasteiger charge is 2.18. The number of hydrogen-bond acceptors (Lipinski definition) is 5. The molecule has 0 radical (unpaired) electrons. The predicted octanol–water partition coefficient (Wildman–Crippen LogP) is 1.41. The third kappa shape index (κ3) is 4.11. The minimum atomic E-state index is -0.318. The van der Waals surface area contributed by atoms with E-state index < -0.39 is 0 Å². The van der Waals surface area contributed by atoms with Crippen molar-refractivity contribution >= 4 is 22.9 Å². The number of hydrogen-bond donors (Lipinski definition) is 1. The molecule has 1 aliphatic rings. The molecule has 1 heterocycles. The van der Waals surface area contributed by atoms with Crippen LogP contribution in [-0.4, -0.2) is 35.6 Å². The van der Waals surface area contributed by atoms with Crippen LogP contribution in [0.25, 0.3) is 0 Å². The Kier molecular flexibility index (Phi) is 4.94. The highest BCUT2D eigenvalue weighted by Crippen LogP contribution is 2.16. The van der Waals surface area contributed by atoms with Crippen molar-refractivity contribution in [2.24, 2.45) is 4.99 Å². The van der Waals surface area contributed by atoms with E-state index in [1.807, 2.05) is 0 Å². The van der Waals surface area contributed by atoms with Crippen LogP contribution in [0.4, 0.5) is 0 Å². The van der Waals surface area contributed by atoms with Gasteiger partial charge in [-0.25, -0.2) is 4.79 Å². The van der Waals surface area contributed by atoms with E-state index in [4.69, 9.17) is 4.74 Å². The molecule has 0 saturated carbocycles. The number of rotatable bonds is 3. The van der Waals surface area contributed by atoms with Crippen molar-refractivity contribution in [2.75, 3.05) is 12.4 Å². The Labute approximate surface area is 94.9 Å². The van der Waals surface area contributed by atoms with Crippen LogP contribution in [-0.2, 0) is 9.53 Å². The molecule has 0 spiro atoms. The van der Waals surface area contributed by atoms with E-state index in [0.29, 0.717) is 12.6 Å². The second kappa shape index (κ2) is 6.00. The Morgan fingerprint density at radius 2 is 2.53 bits per heavy atom. The molecular formula is C10H18N2O2S. The van der Waals surface area contributed by atoms with Crippen molar-refractivity contribution in [2.45, 2.75) is 39.3 Å². The van der Waals surface area contributed by atoms with E-state index in [0.717, 1.165) is 17.3 Å². The number of thioether (sulfide) groups is 1. The maximum Gasteiger partial charge on any atom is 0.328 e. The summed E-state index contributed by atoms with van der Waals surface area (Å²) in [6, 6.07) is 0.0321. The van der Waals surface area contributed by atoms with Crippen LogP contribution in [0.2, 0.25) is 0 Å². The molecule has 0 fully saturated rings. The van der Waals surface area contributed by atoms with E-state index in [9.17, 15) is 4.79 Å². The van der Waals surface area contributed by atoms with Gasteiger partial charge in [0, 0.05) is 5.75 Å². The van der Waals surface area contributed by atoms with Crippen molar-refractivity contribution in [3.05, 3.63) is 0 Å². The lowest BCUT2D eigenvalue weighted by atomic mass is 10.3. The summed E-state index contributed by atoms with van der Waals surface area (Å²) in [5, 5.41) is 3.93. The van der Waals surface area contributed by atoms with Gasteiger partial charge < -0.3 is 10.1 Å². The first-order valence-electron chi connectivity index (χ1n) is 5.27. The number of nitrogens with zero attached hydrogens (tertiary/aromatic N) is 1. The van der Waals surface area contributed by atoms with Crippen LogP contribution in [0.1, 0.15) is 27.2 Å². The monoisotopic (exact) mass is 230 g/mol. The van der Waals surface area contributed by atoms with E-state index in [1.165, 1.54) is 0 Å². The molecule has 86 valence electrons. The molecule has 1 aliphatic heterocycles. The fraction of sp³-hybridized carbons (Fsp3) is 0.800. The SMILES string of the molecule is CCOC(=O)C(C)NC1=NC(C)CCS1. The Balaban J connectivity index is 2.43. The van der Waals surface area contributed by atoms with Gasteiger partial charge in [-0.05, 0) is 27.2 Å². The van der Waals surface area contributed by atoms with Crippen molar-refractivity contribution in [1.82, 2.24) is 5.32 Å². The molecule has 0 aromatic rings. The minimum Gasteiger partial charge on any atom is -0.464 e. The summed E-state index contributed by atoms with van der Waals surface area (Å²) < 4.78 is 4.91. The molecule has 15 heavy (non-hydrogen) atoms. The van der Waals surface area contributed by atoms with Crippen LogP contribution in [0.5, 0.6) is 0 Å². The maximum absolute atomic E-state index is 11.3. The summed E-state index contributed by atoms with van der Waals surface area (Å²) >= 11 is 1.66. The number of esters is 1. The molecule has 1 rings (SSSR count). The predicted molar refractivity (Wildman–Crippen MR) is 63.2 cm³/mol. The first-order valence-corrected chi connectivity index (χ1v) is 6.25. The zero-order valence-electron chi connectivity index (χ0n) is 9.45. The topological polar surface area (TPSA) is 50.7 Å².